The molecule has 1 aliphatic heterocycles. The lowest BCUT2D eigenvalue weighted by Crippen LogP contribution is -2.59. The molecule has 25 heavy (non-hydrogen) atoms. The van der Waals surface area contributed by atoms with E-state index in [0.29, 0.717) is 19.8 Å². The summed E-state index contributed by atoms with van der Waals surface area (Å²) in [6.45, 7) is 8.21. The summed E-state index contributed by atoms with van der Waals surface area (Å²) >= 11 is 4.45. The SMILES string of the molecule is C=CCO[C@@H]1[C@@H](OCC=C)[C@@H](S)O[C@H](CO)[C@H]1OCc1ccccc1. The van der Waals surface area contributed by atoms with Gasteiger partial charge in [-0.25, -0.2) is 0 Å². The Balaban J connectivity index is 2.15. The van der Waals surface area contributed by atoms with E-state index in [9.17, 15) is 5.11 Å². The average Bonchev–Trinajstić information content (AvgIpc) is 2.64. The molecule has 6 heteroatoms. The Morgan fingerprint density at radius 2 is 1.64 bits per heavy atom. The van der Waals surface area contributed by atoms with E-state index in [0.717, 1.165) is 5.56 Å². The van der Waals surface area contributed by atoms with Crippen molar-refractivity contribution >= 4 is 12.6 Å². The summed E-state index contributed by atoms with van der Waals surface area (Å²) in [5.41, 5.74) is 0.488. The van der Waals surface area contributed by atoms with Crippen molar-refractivity contribution in [3.05, 3.63) is 61.2 Å². The Hall–Kier alpha value is -1.15. The number of aliphatic hydroxyl groups is 1. The maximum atomic E-state index is 9.71. The number of hydrogen-bond donors (Lipinski definition) is 2. The van der Waals surface area contributed by atoms with Gasteiger partial charge in [0.05, 0.1) is 26.4 Å². The lowest BCUT2D eigenvalue weighted by molar-refractivity contribution is -0.242. The zero-order valence-electron chi connectivity index (χ0n) is 14.2. The molecule has 5 atom stereocenters. The molecule has 0 aliphatic carbocycles. The van der Waals surface area contributed by atoms with Gasteiger partial charge in [-0.1, -0.05) is 42.5 Å². The highest BCUT2D eigenvalue weighted by atomic mass is 32.1. The van der Waals surface area contributed by atoms with Crippen LogP contribution in [0.1, 0.15) is 5.56 Å². The Morgan fingerprint density at radius 3 is 2.24 bits per heavy atom. The third kappa shape index (κ3) is 5.67. The van der Waals surface area contributed by atoms with E-state index >= 15 is 0 Å². The van der Waals surface area contributed by atoms with Gasteiger partial charge >= 0.3 is 0 Å². The van der Waals surface area contributed by atoms with Crippen molar-refractivity contribution in [1.82, 2.24) is 0 Å². The van der Waals surface area contributed by atoms with Crippen molar-refractivity contribution in [1.29, 1.82) is 0 Å². The van der Waals surface area contributed by atoms with Crippen molar-refractivity contribution in [3.8, 4) is 0 Å². The Labute approximate surface area is 154 Å². The maximum Gasteiger partial charge on any atom is 0.129 e. The molecule has 5 nitrogen and oxygen atoms in total. The van der Waals surface area contributed by atoms with Gasteiger partial charge in [-0.2, -0.15) is 0 Å². The molecule has 2 rings (SSSR count). The summed E-state index contributed by atoms with van der Waals surface area (Å²) in [4.78, 5) is 0. The van der Waals surface area contributed by atoms with Gasteiger partial charge in [-0.05, 0) is 5.56 Å². The monoisotopic (exact) mass is 366 g/mol. The van der Waals surface area contributed by atoms with Gasteiger partial charge in [-0.3, -0.25) is 0 Å². The summed E-state index contributed by atoms with van der Waals surface area (Å²) in [6.07, 6.45) is 1.37. The lowest BCUT2D eigenvalue weighted by atomic mass is 9.99. The van der Waals surface area contributed by atoms with Crippen molar-refractivity contribution in [2.75, 3.05) is 19.8 Å². The fraction of sp³-hybridized carbons (Fsp3) is 0.474. The largest absolute Gasteiger partial charge is 0.394 e. The third-order valence-electron chi connectivity index (χ3n) is 3.89. The molecule has 1 aromatic rings. The zero-order valence-corrected chi connectivity index (χ0v) is 15.1. The summed E-state index contributed by atoms with van der Waals surface area (Å²) in [5, 5.41) is 9.71. The molecule has 1 fully saturated rings. The highest BCUT2D eigenvalue weighted by Crippen LogP contribution is 2.30. The Kier molecular flexibility index (Phi) is 8.67. The number of ether oxygens (including phenoxy) is 4. The highest BCUT2D eigenvalue weighted by Gasteiger charge is 2.46. The second kappa shape index (κ2) is 10.8. The second-order valence-corrected chi connectivity index (χ2v) is 6.19. The minimum absolute atomic E-state index is 0.196. The fourth-order valence-electron chi connectivity index (χ4n) is 2.74. The molecule has 1 aliphatic rings. The van der Waals surface area contributed by atoms with E-state index in [2.05, 4.69) is 25.8 Å². The maximum absolute atomic E-state index is 9.71. The first-order valence-electron chi connectivity index (χ1n) is 8.26. The molecule has 0 spiro atoms. The first-order chi connectivity index (χ1) is 12.2. The first-order valence-corrected chi connectivity index (χ1v) is 8.77. The van der Waals surface area contributed by atoms with E-state index in [1.54, 1.807) is 12.2 Å². The van der Waals surface area contributed by atoms with Gasteiger partial charge in [-0.15, -0.1) is 25.8 Å². The van der Waals surface area contributed by atoms with Crippen LogP contribution in [0.4, 0.5) is 0 Å². The molecule has 1 saturated heterocycles. The van der Waals surface area contributed by atoms with Crippen LogP contribution in [0.3, 0.4) is 0 Å². The molecule has 138 valence electrons. The minimum Gasteiger partial charge on any atom is -0.394 e. The van der Waals surface area contributed by atoms with Gasteiger partial charge in [0.1, 0.15) is 29.9 Å². The van der Waals surface area contributed by atoms with Crippen LogP contribution >= 0.6 is 12.6 Å². The smallest absolute Gasteiger partial charge is 0.129 e. The Morgan fingerprint density at radius 1 is 1.00 bits per heavy atom. The highest BCUT2D eigenvalue weighted by molar-refractivity contribution is 7.80. The van der Waals surface area contributed by atoms with E-state index < -0.39 is 29.9 Å². The van der Waals surface area contributed by atoms with Crippen LogP contribution in [-0.2, 0) is 25.6 Å². The van der Waals surface area contributed by atoms with Crippen LogP contribution in [0.2, 0.25) is 0 Å². The average molecular weight is 366 g/mol. The van der Waals surface area contributed by atoms with E-state index in [1.807, 2.05) is 30.3 Å². The van der Waals surface area contributed by atoms with Gasteiger partial charge in [0.25, 0.3) is 0 Å². The minimum atomic E-state index is -0.551. The van der Waals surface area contributed by atoms with Crippen LogP contribution in [0.15, 0.2) is 55.6 Å². The van der Waals surface area contributed by atoms with E-state index in [-0.39, 0.29) is 6.61 Å². The standard InChI is InChI=1S/C19H26O5S/c1-3-10-21-17-16(23-13-14-8-6-5-7-9-14)15(12-20)24-19(25)18(17)22-11-4-2/h3-9,15-20,25H,1-2,10-13H2/t15-,16-,17+,18-,19-/m1/s1. The van der Waals surface area contributed by atoms with Crippen molar-refractivity contribution in [3.63, 3.8) is 0 Å². The predicted octanol–water partition coefficient (Wildman–Crippen LogP) is 2.36. The molecule has 1 heterocycles. The summed E-state index contributed by atoms with van der Waals surface area (Å²) < 4.78 is 23.5. The number of benzene rings is 1. The van der Waals surface area contributed by atoms with Crippen LogP contribution in [-0.4, -0.2) is 54.8 Å². The van der Waals surface area contributed by atoms with Gasteiger partial charge in [0.2, 0.25) is 0 Å². The molecule has 0 amide bonds. The number of aliphatic hydroxyl groups excluding tert-OH is 1. The van der Waals surface area contributed by atoms with Crippen molar-refractivity contribution < 1.29 is 24.1 Å². The van der Waals surface area contributed by atoms with E-state index in [1.165, 1.54) is 0 Å². The molecule has 0 bridgehead atoms. The molecule has 0 saturated carbocycles. The quantitative estimate of drug-likeness (QED) is 0.492. The van der Waals surface area contributed by atoms with Gasteiger partial charge in [0.15, 0.2) is 0 Å². The molecular weight excluding hydrogens is 340 g/mol. The normalized spacial score (nSPS) is 29.3. The topological polar surface area (TPSA) is 57.2 Å². The molecule has 0 radical (unpaired) electrons. The third-order valence-corrected chi connectivity index (χ3v) is 4.30. The summed E-state index contributed by atoms with van der Waals surface area (Å²) in [7, 11) is 0. The lowest BCUT2D eigenvalue weighted by Gasteiger charge is -2.44. The predicted molar refractivity (Wildman–Crippen MR) is 99.6 cm³/mol. The summed E-state index contributed by atoms with van der Waals surface area (Å²) in [6, 6.07) is 9.80. The molecule has 1 aromatic carbocycles. The Bertz CT molecular complexity index is 524. The molecule has 1 N–H and O–H groups in total. The molecular formula is C19H26O5S. The van der Waals surface area contributed by atoms with E-state index in [4.69, 9.17) is 18.9 Å². The van der Waals surface area contributed by atoms with Crippen molar-refractivity contribution in [2.45, 2.75) is 36.5 Å². The van der Waals surface area contributed by atoms with Crippen molar-refractivity contribution in [2.24, 2.45) is 0 Å². The zero-order chi connectivity index (χ0) is 18.1. The van der Waals surface area contributed by atoms with Crippen LogP contribution in [0.5, 0.6) is 0 Å². The molecule has 0 aromatic heterocycles. The fourth-order valence-corrected chi connectivity index (χ4v) is 3.15. The number of rotatable bonds is 10. The second-order valence-electron chi connectivity index (χ2n) is 5.68. The van der Waals surface area contributed by atoms with Crippen LogP contribution < -0.4 is 0 Å². The molecule has 0 unspecified atom stereocenters. The van der Waals surface area contributed by atoms with Gasteiger partial charge in [0, 0.05) is 0 Å². The summed E-state index contributed by atoms with van der Waals surface area (Å²) in [5.74, 6) is 0. The van der Waals surface area contributed by atoms with Gasteiger partial charge < -0.3 is 24.1 Å². The van der Waals surface area contributed by atoms with Crippen LogP contribution in [0.25, 0.3) is 0 Å². The first kappa shape index (κ1) is 20.2. The number of thiol groups is 1. The number of hydrogen-bond acceptors (Lipinski definition) is 6. The van der Waals surface area contributed by atoms with Crippen LogP contribution in [0, 0.1) is 0 Å².